The summed E-state index contributed by atoms with van der Waals surface area (Å²) in [6.45, 7) is 3.75. The minimum atomic E-state index is -3.09. The smallest absolute Gasteiger partial charge is 0.175 e. The van der Waals surface area contributed by atoms with Gasteiger partial charge in [0.2, 0.25) is 0 Å². The van der Waals surface area contributed by atoms with Crippen LogP contribution in [0.5, 0.6) is 0 Å². The highest BCUT2D eigenvalue weighted by Crippen LogP contribution is 2.18. The lowest BCUT2D eigenvalue weighted by Crippen LogP contribution is -2.22. The largest absolute Gasteiger partial charge is 0.330 e. The minimum absolute atomic E-state index is 0.382. The fourth-order valence-corrected chi connectivity index (χ4v) is 2.98. The highest BCUT2D eigenvalue weighted by Gasteiger charge is 2.20. The number of sulfone groups is 1. The molecule has 2 rings (SSSR count). The average molecular weight is 268 g/mol. The van der Waals surface area contributed by atoms with Gasteiger partial charge in [0, 0.05) is 19.3 Å². The van der Waals surface area contributed by atoms with Crippen molar-refractivity contribution in [3.05, 3.63) is 29.8 Å². The molecule has 0 aromatic heterocycles. The lowest BCUT2D eigenvalue weighted by Gasteiger charge is -2.15. The summed E-state index contributed by atoms with van der Waals surface area (Å²) in [4.78, 5) is 2.75. The third-order valence-electron chi connectivity index (χ3n) is 3.46. The Bertz CT molecular complexity index is 496. The Morgan fingerprint density at radius 1 is 1.33 bits per heavy atom. The molecule has 4 nitrogen and oxygen atoms in total. The number of benzene rings is 1. The normalized spacial score (nSPS) is 21.3. The molecule has 2 N–H and O–H groups in total. The molecule has 5 heteroatoms. The summed E-state index contributed by atoms with van der Waals surface area (Å²) in [5.74, 6) is 0.611. The Morgan fingerprint density at radius 3 is 2.50 bits per heavy atom. The quantitative estimate of drug-likeness (QED) is 0.880. The maximum Gasteiger partial charge on any atom is 0.175 e. The minimum Gasteiger partial charge on any atom is -0.330 e. The maximum absolute atomic E-state index is 11.3. The second kappa shape index (κ2) is 5.38. The van der Waals surface area contributed by atoms with Crippen LogP contribution >= 0.6 is 0 Å². The van der Waals surface area contributed by atoms with Gasteiger partial charge in [-0.3, -0.25) is 4.90 Å². The number of rotatable bonds is 4. The Balaban J connectivity index is 1.99. The third kappa shape index (κ3) is 3.31. The van der Waals surface area contributed by atoms with E-state index in [0.717, 1.165) is 38.2 Å². The van der Waals surface area contributed by atoms with Crippen LogP contribution in [0.1, 0.15) is 12.0 Å². The first-order valence-corrected chi connectivity index (χ1v) is 8.09. The van der Waals surface area contributed by atoms with Gasteiger partial charge < -0.3 is 5.73 Å². The highest BCUT2D eigenvalue weighted by molar-refractivity contribution is 7.90. The van der Waals surface area contributed by atoms with Crippen molar-refractivity contribution in [1.82, 2.24) is 4.90 Å². The van der Waals surface area contributed by atoms with Gasteiger partial charge in [0.05, 0.1) is 4.90 Å². The van der Waals surface area contributed by atoms with Gasteiger partial charge in [-0.25, -0.2) is 8.42 Å². The van der Waals surface area contributed by atoms with E-state index in [4.69, 9.17) is 5.73 Å². The lowest BCUT2D eigenvalue weighted by atomic mass is 10.1. The van der Waals surface area contributed by atoms with Crippen LogP contribution in [0.3, 0.4) is 0 Å². The van der Waals surface area contributed by atoms with Crippen molar-refractivity contribution in [3.8, 4) is 0 Å². The molecule has 0 spiro atoms. The van der Waals surface area contributed by atoms with Crippen LogP contribution in [-0.2, 0) is 16.4 Å². The van der Waals surface area contributed by atoms with Crippen LogP contribution in [0.2, 0.25) is 0 Å². The molecule has 0 radical (unpaired) electrons. The molecule has 1 aliphatic heterocycles. The van der Waals surface area contributed by atoms with Crippen molar-refractivity contribution in [2.24, 2.45) is 11.7 Å². The van der Waals surface area contributed by atoms with Gasteiger partial charge in [0.25, 0.3) is 0 Å². The zero-order chi connectivity index (χ0) is 13.2. The number of nitrogens with two attached hydrogens (primary N) is 1. The summed E-state index contributed by atoms with van der Waals surface area (Å²) >= 11 is 0. The lowest BCUT2D eigenvalue weighted by molar-refractivity contribution is 0.318. The average Bonchev–Trinajstić information content (AvgIpc) is 2.76. The van der Waals surface area contributed by atoms with Gasteiger partial charge in [0.1, 0.15) is 0 Å². The molecule has 1 atom stereocenters. The molecule has 1 unspecified atom stereocenters. The summed E-state index contributed by atoms with van der Waals surface area (Å²) in [5, 5.41) is 0. The van der Waals surface area contributed by atoms with Crippen LogP contribution < -0.4 is 5.73 Å². The first-order chi connectivity index (χ1) is 8.49. The third-order valence-corrected chi connectivity index (χ3v) is 4.59. The molecule has 1 aromatic rings. The second-order valence-electron chi connectivity index (χ2n) is 5.04. The van der Waals surface area contributed by atoms with E-state index < -0.39 is 9.84 Å². The fraction of sp³-hybridized carbons (Fsp3) is 0.538. The van der Waals surface area contributed by atoms with E-state index in [2.05, 4.69) is 4.90 Å². The topological polar surface area (TPSA) is 63.4 Å². The zero-order valence-corrected chi connectivity index (χ0v) is 11.5. The molecule has 1 heterocycles. The van der Waals surface area contributed by atoms with Crippen LogP contribution in [0.4, 0.5) is 0 Å². The van der Waals surface area contributed by atoms with Gasteiger partial charge in [-0.2, -0.15) is 0 Å². The number of nitrogens with zero attached hydrogens (tertiary/aromatic N) is 1. The van der Waals surface area contributed by atoms with Gasteiger partial charge in [-0.1, -0.05) is 12.1 Å². The number of hydrogen-bond donors (Lipinski definition) is 1. The number of likely N-dealkylation sites (tertiary alicyclic amines) is 1. The molecule has 1 saturated heterocycles. The van der Waals surface area contributed by atoms with Gasteiger partial charge in [-0.15, -0.1) is 0 Å². The molecule has 1 aliphatic rings. The molecule has 1 fully saturated rings. The van der Waals surface area contributed by atoms with Crippen LogP contribution in [0, 0.1) is 5.92 Å². The van der Waals surface area contributed by atoms with Crippen LogP contribution in [0.15, 0.2) is 29.2 Å². The van der Waals surface area contributed by atoms with Crippen molar-refractivity contribution in [1.29, 1.82) is 0 Å². The molecule has 0 saturated carbocycles. The van der Waals surface area contributed by atoms with Crippen LogP contribution in [-0.4, -0.2) is 39.2 Å². The first kappa shape index (κ1) is 13.5. The molecule has 0 bridgehead atoms. The standard InChI is InChI=1S/C13H20N2O2S/c1-18(16,17)13-4-2-11(3-5-13)9-15-7-6-12(8-14)10-15/h2-5,12H,6-10,14H2,1H3. The molecule has 0 amide bonds. The van der Waals surface area contributed by atoms with E-state index in [0.29, 0.717) is 10.8 Å². The van der Waals surface area contributed by atoms with E-state index in [1.807, 2.05) is 12.1 Å². The summed E-state index contributed by atoms with van der Waals surface area (Å²) in [7, 11) is -3.09. The second-order valence-corrected chi connectivity index (χ2v) is 7.06. The molecule has 100 valence electrons. The highest BCUT2D eigenvalue weighted by atomic mass is 32.2. The Morgan fingerprint density at radius 2 is 2.00 bits per heavy atom. The molecular weight excluding hydrogens is 248 g/mol. The summed E-state index contributed by atoms with van der Waals surface area (Å²) in [5.41, 5.74) is 6.82. The van der Waals surface area contributed by atoms with E-state index in [1.54, 1.807) is 12.1 Å². The zero-order valence-electron chi connectivity index (χ0n) is 10.7. The number of hydrogen-bond acceptors (Lipinski definition) is 4. The molecular formula is C13H20N2O2S. The molecule has 0 aliphatic carbocycles. The molecule has 1 aromatic carbocycles. The van der Waals surface area contributed by atoms with E-state index >= 15 is 0 Å². The summed E-state index contributed by atoms with van der Waals surface area (Å²) < 4.78 is 22.7. The monoisotopic (exact) mass is 268 g/mol. The van der Waals surface area contributed by atoms with Crippen molar-refractivity contribution in [2.75, 3.05) is 25.9 Å². The van der Waals surface area contributed by atoms with Gasteiger partial charge in [0.15, 0.2) is 9.84 Å². The fourth-order valence-electron chi connectivity index (χ4n) is 2.35. The maximum atomic E-state index is 11.3. The van der Waals surface area contributed by atoms with E-state index in [-0.39, 0.29) is 0 Å². The predicted octanol–water partition coefficient (Wildman–Crippen LogP) is 0.871. The van der Waals surface area contributed by atoms with E-state index in [9.17, 15) is 8.42 Å². The van der Waals surface area contributed by atoms with Gasteiger partial charge in [-0.05, 0) is 43.1 Å². The molecule has 18 heavy (non-hydrogen) atoms. The SMILES string of the molecule is CS(=O)(=O)c1ccc(CN2CCC(CN)C2)cc1. The van der Waals surface area contributed by atoms with Crippen molar-refractivity contribution < 1.29 is 8.42 Å². The summed E-state index contributed by atoms with van der Waals surface area (Å²) in [6.07, 6.45) is 2.40. The predicted molar refractivity (Wildman–Crippen MR) is 72.0 cm³/mol. The van der Waals surface area contributed by atoms with Crippen molar-refractivity contribution in [3.63, 3.8) is 0 Å². The summed E-state index contributed by atoms with van der Waals surface area (Å²) in [6, 6.07) is 7.15. The van der Waals surface area contributed by atoms with E-state index in [1.165, 1.54) is 6.26 Å². The first-order valence-electron chi connectivity index (χ1n) is 6.20. The van der Waals surface area contributed by atoms with Crippen molar-refractivity contribution >= 4 is 9.84 Å². The van der Waals surface area contributed by atoms with Crippen LogP contribution in [0.25, 0.3) is 0 Å². The van der Waals surface area contributed by atoms with Gasteiger partial charge >= 0.3 is 0 Å². The van der Waals surface area contributed by atoms with Crippen molar-refractivity contribution in [2.45, 2.75) is 17.9 Å². The Labute approximate surface area is 109 Å². The Hall–Kier alpha value is -0.910. The Kier molecular flexibility index (Phi) is 4.04.